The molecule has 3 aromatic rings. The zero-order valence-corrected chi connectivity index (χ0v) is 18.6. The second-order valence-corrected chi connectivity index (χ2v) is 7.68. The van der Waals surface area contributed by atoms with Crippen LogP contribution in [0, 0.1) is 0 Å². The Kier molecular flexibility index (Phi) is 7.35. The largest absolute Gasteiger partial charge is 0.457 e. The maximum Gasteiger partial charge on any atom is 0.193 e. The summed E-state index contributed by atoms with van der Waals surface area (Å²) in [5.74, 6) is 1.31. The quantitative estimate of drug-likeness (QED) is 0.219. The second kappa shape index (κ2) is 10.4. The molecular formula is C29H26O3. The summed E-state index contributed by atoms with van der Waals surface area (Å²) in [6.07, 6.45) is 5.54. The van der Waals surface area contributed by atoms with Gasteiger partial charge in [-0.3, -0.25) is 9.59 Å². The average Bonchev–Trinajstić information content (AvgIpc) is 2.81. The van der Waals surface area contributed by atoms with Gasteiger partial charge in [-0.2, -0.15) is 0 Å². The fourth-order valence-electron chi connectivity index (χ4n) is 3.08. The third-order valence-electron chi connectivity index (χ3n) is 4.91. The molecule has 0 saturated heterocycles. The van der Waals surface area contributed by atoms with E-state index < -0.39 is 0 Å². The lowest BCUT2D eigenvalue weighted by Crippen LogP contribution is -2.02. The number of hydrogen-bond donors (Lipinski definition) is 0. The van der Waals surface area contributed by atoms with Crippen LogP contribution in [0.4, 0.5) is 0 Å². The highest BCUT2D eigenvalue weighted by Gasteiger charge is 2.10. The smallest absolute Gasteiger partial charge is 0.193 e. The van der Waals surface area contributed by atoms with Crippen molar-refractivity contribution in [3.8, 4) is 16.9 Å². The van der Waals surface area contributed by atoms with E-state index in [9.17, 15) is 9.59 Å². The lowest BCUT2D eigenvalue weighted by atomic mass is 9.98. The van der Waals surface area contributed by atoms with Gasteiger partial charge in [0.25, 0.3) is 0 Å². The summed E-state index contributed by atoms with van der Waals surface area (Å²) in [4.78, 5) is 24.1. The van der Waals surface area contributed by atoms with Crippen molar-refractivity contribution in [1.29, 1.82) is 0 Å². The van der Waals surface area contributed by atoms with Gasteiger partial charge in [0.15, 0.2) is 11.6 Å². The van der Waals surface area contributed by atoms with Crippen molar-refractivity contribution in [2.45, 2.75) is 20.8 Å². The van der Waals surface area contributed by atoms with Crippen molar-refractivity contribution < 1.29 is 14.3 Å². The third-order valence-corrected chi connectivity index (χ3v) is 4.91. The molecule has 0 bridgehead atoms. The molecule has 0 aliphatic rings. The number of rotatable bonds is 8. The number of carbonyl (C=O) groups is 2. The highest BCUT2D eigenvalue weighted by atomic mass is 16.5. The minimum absolute atomic E-state index is 0.0191. The molecule has 0 heterocycles. The molecule has 0 saturated carbocycles. The topological polar surface area (TPSA) is 43.4 Å². The van der Waals surface area contributed by atoms with Crippen LogP contribution in [0.5, 0.6) is 5.75 Å². The van der Waals surface area contributed by atoms with Crippen molar-refractivity contribution in [2.75, 3.05) is 0 Å². The standard InChI is InChI=1S/C29H26O3/c1-5-27(17-6-20(2)3)32-28-18-15-24(16-19-28)23-9-13-26(14-10-23)29(31)25-11-7-22(8-12-25)21(4)30/h5-19H,1H2,2-4H3/b27-17+. The predicted molar refractivity (Wildman–Crippen MR) is 130 cm³/mol. The van der Waals surface area contributed by atoms with E-state index >= 15 is 0 Å². The lowest BCUT2D eigenvalue weighted by Gasteiger charge is -2.08. The SMILES string of the molecule is C=C/C(=C\C=C(C)C)Oc1ccc(-c2ccc(C(=O)c3ccc(C(C)=O)cc3)cc2)cc1. The molecule has 0 spiro atoms. The van der Waals surface area contributed by atoms with Gasteiger partial charge in [-0.15, -0.1) is 0 Å². The number of benzene rings is 3. The van der Waals surface area contributed by atoms with E-state index in [2.05, 4.69) is 6.58 Å². The molecule has 0 atom stereocenters. The molecule has 0 aliphatic carbocycles. The molecule has 3 aromatic carbocycles. The molecule has 0 radical (unpaired) electrons. The molecular weight excluding hydrogens is 396 g/mol. The molecule has 3 nitrogen and oxygen atoms in total. The summed E-state index contributed by atoms with van der Waals surface area (Å²) in [5, 5.41) is 0. The number of ketones is 2. The van der Waals surface area contributed by atoms with Crippen LogP contribution in [-0.2, 0) is 0 Å². The van der Waals surface area contributed by atoms with Crippen LogP contribution in [0.2, 0.25) is 0 Å². The first-order valence-corrected chi connectivity index (χ1v) is 10.4. The van der Waals surface area contributed by atoms with Gasteiger partial charge in [0.2, 0.25) is 0 Å². The Bertz CT molecular complexity index is 1170. The Morgan fingerprint density at radius 3 is 1.62 bits per heavy atom. The van der Waals surface area contributed by atoms with Gasteiger partial charge in [0.1, 0.15) is 11.5 Å². The second-order valence-electron chi connectivity index (χ2n) is 7.68. The molecule has 0 amide bonds. The van der Waals surface area contributed by atoms with Crippen LogP contribution in [0.25, 0.3) is 11.1 Å². The maximum atomic E-state index is 12.7. The van der Waals surface area contributed by atoms with E-state index in [1.165, 1.54) is 12.5 Å². The normalized spacial score (nSPS) is 10.9. The number of hydrogen-bond acceptors (Lipinski definition) is 3. The Balaban J connectivity index is 1.72. The van der Waals surface area contributed by atoms with Crippen LogP contribution in [0.3, 0.4) is 0 Å². The van der Waals surface area contributed by atoms with Crippen LogP contribution >= 0.6 is 0 Å². The van der Waals surface area contributed by atoms with Crippen LogP contribution in [0.1, 0.15) is 47.1 Å². The van der Waals surface area contributed by atoms with Gasteiger partial charge in [0.05, 0.1) is 0 Å². The first-order valence-electron chi connectivity index (χ1n) is 10.4. The van der Waals surface area contributed by atoms with Gasteiger partial charge < -0.3 is 4.74 Å². The molecule has 0 aromatic heterocycles. The molecule has 3 rings (SSSR count). The van der Waals surface area contributed by atoms with E-state index in [-0.39, 0.29) is 11.6 Å². The average molecular weight is 423 g/mol. The molecule has 0 unspecified atom stereocenters. The Labute approximate surface area is 189 Å². The van der Waals surface area contributed by atoms with Crippen molar-refractivity contribution in [3.05, 3.63) is 126 Å². The Morgan fingerprint density at radius 2 is 1.16 bits per heavy atom. The Morgan fingerprint density at radius 1 is 0.688 bits per heavy atom. The molecule has 32 heavy (non-hydrogen) atoms. The Hall–Kier alpha value is -3.98. The molecule has 0 N–H and O–H groups in total. The third kappa shape index (κ3) is 5.79. The van der Waals surface area contributed by atoms with E-state index in [1.807, 2.05) is 74.5 Å². The van der Waals surface area contributed by atoms with E-state index in [4.69, 9.17) is 4.74 Å². The molecule has 0 fully saturated rings. The van der Waals surface area contributed by atoms with Crippen LogP contribution in [0.15, 0.2) is 109 Å². The summed E-state index contributed by atoms with van der Waals surface area (Å²) in [6.45, 7) is 9.35. The fraction of sp³-hybridized carbons (Fsp3) is 0.103. The zero-order chi connectivity index (χ0) is 23.1. The van der Waals surface area contributed by atoms with E-state index in [1.54, 1.807) is 30.3 Å². The minimum Gasteiger partial charge on any atom is -0.457 e. The number of allylic oxidation sites excluding steroid dienone is 4. The minimum atomic E-state index is -0.0736. The molecule has 160 valence electrons. The summed E-state index contributed by atoms with van der Waals surface area (Å²) < 4.78 is 5.86. The summed E-state index contributed by atoms with van der Waals surface area (Å²) >= 11 is 0. The number of ether oxygens (including phenoxy) is 1. The summed E-state index contributed by atoms with van der Waals surface area (Å²) in [6, 6.07) is 22.0. The summed E-state index contributed by atoms with van der Waals surface area (Å²) in [7, 11) is 0. The van der Waals surface area contributed by atoms with Gasteiger partial charge in [-0.1, -0.05) is 78.9 Å². The van der Waals surface area contributed by atoms with Crippen molar-refractivity contribution in [2.24, 2.45) is 0 Å². The summed E-state index contributed by atoms with van der Waals surface area (Å²) in [5.41, 5.74) is 4.96. The number of carbonyl (C=O) groups excluding carboxylic acids is 2. The molecule has 3 heteroatoms. The van der Waals surface area contributed by atoms with E-state index in [0.717, 1.165) is 16.9 Å². The van der Waals surface area contributed by atoms with Crippen LogP contribution < -0.4 is 4.74 Å². The van der Waals surface area contributed by atoms with Gasteiger partial charge >= 0.3 is 0 Å². The van der Waals surface area contributed by atoms with Crippen molar-refractivity contribution in [3.63, 3.8) is 0 Å². The van der Waals surface area contributed by atoms with Crippen LogP contribution in [-0.4, -0.2) is 11.6 Å². The first-order chi connectivity index (χ1) is 15.4. The first kappa shape index (κ1) is 22.7. The van der Waals surface area contributed by atoms with Crippen molar-refractivity contribution >= 4 is 11.6 Å². The molecule has 0 aliphatic heterocycles. The van der Waals surface area contributed by atoms with Gasteiger partial charge in [-0.25, -0.2) is 0 Å². The maximum absolute atomic E-state index is 12.7. The monoisotopic (exact) mass is 422 g/mol. The van der Waals surface area contributed by atoms with Gasteiger partial charge in [0, 0.05) is 16.7 Å². The fourth-order valence-corrected chi connectivity index (χ4v) is 3.08. The van der Waals surface area contributed by atoms with Crippen molar-refractivity contribution in [1.82, 2.24) is 0 Å². The highest BCUT2D eigenvalue weighted by Crippen LogP contribution is 2.24. The van der Waals surface area contributed by atoms with E-state index in [0.29, 0.717) is 22.4 Å². The zero-order valence-electron chi connectivity index (χ0n) is 18.6. The van der Waals surface area contributed by atoms with Gasteiger partial charge in [-0.05, 0) is 56.2 Å². The highest BCUT2D eigenvalue weighted by molar-refractivity contribution is 6.09. The predicted octanol–water partition coefficient (Wildman–Crippen LogP) is 7.20. The lowest BCUT2D eigenvalue weighted by molar-refractivity contribution is 0.101. The number of Topliss-reactive ketones (excluding diaryl/α,β-unsaturated/α-hetero) is 1.